The Morgan fingerprint density at radius 3 is 2.60 bits per heavy atom. The molecule has 0 unspecified atom stereocenters. The number of aromatic nitrogens is 3. The normalized spacial score (nSPS) is 11.2. The second kappa shape index (κ2) is 4.12. The zero-order valence-corrected chi connectivity index (χ0v) is 9.78. The Morgan fingerprint density at radius 2 is 1.85 bits per heavy atom. The van der Waals surface area contributed by atoms with Gasteiger partial charge >= 0.3 is 0 Å². The fourth-order valence-electron chi connectivity index (χ4n) is 1.80. The molecule has 0 bridgehead atoms. The van der Waals surface area contributed by atoms with Crippen molar-refractivity contribution in [2.75, 3.05) is 5.73 Å². The third kappa shape index (κ3) is 1.73. The maximum atomic E-state index is 13.8. The Kier molecular flexibility index (Phi) is 2.53. The molecular weight excluding hydrogens is 273 g/mol. The predicted molar refractivity (Wildman–Crippen MR) is 65.3 cm³/mol. The van der Waals surface area contributed by atoms with Crippen molar-refractivity contribution in [1.82, 2.24) is 15.0 Å². The Bertz CT molecular complexity index is 831. The smallest absolute Gasteiger partial charge is 0.203 e. The van der Waals surface area contributed by atoms with E-state index in [4.69, 9.17) is 5.73 Å². The Morgan fingerprint density at radius 1 is 1.10 bits per heavy atom. The molecule has 20 heavy (non-hydrogen) atoms. The highest BCUT2D eigenvalue weighted by Crippen LogP contribution is 2.31. The van der Waals surface area contributed by atoms with E-state index in [0.29, 0.717) is 11.6 Å². The van der Waals surface area contributed by atoms with Gasteiger partial charge in [-0.05, 0) is 18.2 Å². The van der Waals surface area contributed by atoms with Gasteiger partial charge in [0, 0.05) is 0 Å². The lowest BCUT2D eigenvalue weighted by molar-refractivity contribution is 0.377. The molecule has 4 N–H and O–H groups in total. The third-order valence-corrected chi connectivity index (χ3v) is 2.76. The number of nitrogens with one attached hydrogen (secondary N) is 1. The average Bonchev–Trinajstić information content (AvgIpc) is 2.83. The summed E-state index contributed by atoms with van der Waals surface area (Å²) in [6.07, 6.45) is 0. The Labute approximate surface area is 109 Å². The molecule has 0 aliphatic carbocycles. The van der Waals surface area contributed by atoms with Gasteiger partial charge in [0.05, 0.1) is 11.1 Å². The number of phenolic OH excluding ortho intramolecular Hbond substituents is 1. The lowest BCUT2D eigenvalue weighted by atomic mass is 10.1. The standard InChI is InChI=1S/C12H7F3N4O/c13-5-3-4(8(14)10(20)9(5)15)11-17-6-1-2-7(16)18-12(6)19-11/h1-3,20H,(H3,16,17,18,19). The number of halogens is 3. The van der Waals surface area contributed by atoms with E-state index in [9.17, 15) is 18.3 Å². The number of anilines is 1. The van der Waals surface area contributed by atoms with Gasteiger partial charge in [0.1, 0.15) is 11.6 Å². The highest BCUT2D eigenvalue weighted by Gasteiger charge is 2.21. The predicted octanol–water partition coefficient (Wildman–Crippen LogP) is 2.33. The van der Waals surface area contributed by atoms with Crippen LogP contribution in [0.2, 0.25) is 0 Å². The molecule has 1 aromatic carbocycles. The topological polar surface area (TPSA) is 87.8 Å². The van der Waals surface area contributed by atoms with Crippen LogP contribution >= 0.6 is 0 Å². The minimum atomic E-state index is -1.65. The highest BCUT2D eigenvalue weighted by molar-refractivity contribution is 5.77. The molecule has 0 fully saturated rings. The summed E-state index contributed by atoms with van der Waals surface area (Å²) in [5.41, 5.74) is 5.72. The van der Waals surface area contributed by atoms with Crippen molar-refractivity contribution in [3.8, 4) is 17.1 Å². The highest BCUT2D eigenvalue weighted by atomic mass is 19.2. The number of nitrogen functional groups attached to an aromatic ring is 1. The Balaban J connectivity index is 2.25. The average molecular weight is 280 g/mol. The maximum Gasteiger partial charge on any atom is 0.203 e. The van der Waals surface area contributed by atoms with Gasteiger partial charge in [-0.1, -0.05) is 0 Å². The first kappa shape index (κ1) is 12.3. The molecule has 3 aromatic rings. The number of pyridine rings is 1. The molecule has 0 atom stereocenters. The zero-order valence-electron chi connectivity index (χ0n) is 9.78. The van der Waals surface area contributed by atoms with Crippen LogP contribution in [0, 0.1) is 17.5 Å². The molecule has 102 valence electrons. The molecule has 0 aliphatic heterocycles. The fraction of sp³-hybridized carbons (Fsp3) is 0. The number of nitrogens with zero attached hydrogens (tertiary/aromatic N) is 2. The van der Waals surface area contributed by atoms with Crippen molar-refractivity contribution >= 4 is 17.0 Å². The monoisotopic (exact) mass is 280 g/mol. The van der Waals surface area contributed by atoms with E-state index < -0.39 is 28.8 Å². The first-order valence-electron chi connectivity index (χ1n) is 5.46. The van der Waals surface area contributed by atoms with Gasteiger partial charge in [0.25, 0.3) is 0 Å². The van der Waals surface area contributed by atoms with E-state index in [2.05, 4.69) is 15.0 Å². The SMILES string of the molecule is Nc1ccc2[nH]c(-c3cc(F)c(F)c(O)c3F)nc2n1. The van der Waals surface area contributed by atoms with Crippen molar-refractivity contribution in [3.63, 3.8) is 0 Å². The summed E-state index contributed by atoms with van der Waals surface area (Å²) >= 11 is 0. The second-order valence-electron chi connectivity index (χ2n) is 4.08. The first-order valence-corrected chi connectivity index (χ1v) is 5.46. The number of aromatic hydroxyl groups is 1. The zero-order chi connectivity index (χ0) is 14.4. The van der Waals surface area contributed by atoms with Gasteiger partial charge in [-0.2, -0.15) is 4.39 Å². The van der Waals surface area contributed by atoms with E-state index in [1.165, 1.54) is 6.07 Å². The van der Waals surface area contributed by atoms with Gasteiger partial charge in [0.15, 0.2) is 23.0 Å². The van der Waals surface area contributed by atoms with Crippen LogP contribution in [0.1, 0.15) is 0 Å². The molecular formula is C12H7F3N4O. The number of nitrogens with two attached hydrogens (primary N) is 1. The third-order valence-electron chi connectivity index (χ3n) is 2.76. The summed E-state index contributed by atoms with van der Waals surface area (Å²) in [7, 11) is 0. The van der Waals surface area contributed by atoms with Gasteiger partial charge in [0.2, 0.25) is 5.82 Å². The van der Waals surface area contributed by atoms with Crippen LogP contribution in [0.3, 0.4) is 0 Å². The van der Waals surface area contributed by atoms with Crippen molar-refractivity contribution in [2.24, 2.45) is 0 Å². The van der Waals surface area contributed by atoms with Gasteiger partial charge < -0.3 is 15.8 Å². The van der Waals surface area contributed by atoms with Crippen molar-refractivity contribution in [1.29, 1.82) is 0 Å². The van der Waals surface area contributed by atoms with Crippen molar-refractivity contribution < 1.29 is 18.3 Å². The number of hydrogen-bond donors (Lipinski definition) is 3. The summed E-state index contributed by atoms with van der Waals surface area (Å²) in [5, 5.41) is 9.18. The summed E-state index contributed by atoms with van der Waals surface area (Å²) < 4.78 is 40.0. The minimum absolute atomic E-state index is 0.0928. The molecule has 8 heteroatoms. The number of fused-ring (bicyclic) bond motifs is 1. The van der Waals surface area contributed by atoms with Gasteiger partial charge in [-0.15, -0.1) is 0 Å². The van der Waals surface area contributed by atoms with E-state index in [-0.39, 0.29) is 17.3 Å². The largest absolute Gasteiger partial charge is 0.503 e. The molecule has 3 rings (SSSR count). The van der Waals surface area contributed by atoms with Gasteiger partial charge in [-0.25, -0.2) is 18.7 Å². The van der Waals surface area contributed by atoms with Crippen LogP contribution in [-0.2, 0) is 0 Å². The number of phenols is 1. The van der Waals surface area contributed by atoms with Crippen LogP contribution in [0.15, 0.2) is 18.2 Å². The summed E-state index contributed by atoms with van der Waals surface area (Å²) in [5.74, 6) is -5.62. The number of aromatic amines is 1. The molecule has 0 spiro atoms. The fourth-order valence-corrected chi connectivity index (χ4v) is 1.80. The number of imidazole rings is 1. The van der Waals surface area contributed by atoms with Crippen molar-refractivity contribution in [2.45, 2.75) is 0 Å². The number of hydrogen-bond acceptors (Lipinski definition) is 4. The van der Waals surface area contributed by atoms with Crippen LogP contribution in [0.5, 0.6) is 5.75 Å². The number of rotatable bonds is 1. The number of benzene rings is 1. The van der Waals surface area contributed by atoms with Crippen molar-refractivity contribution in [3.05, 3.63) is 35.7 Å². The maximum absolute atomic E-state index is 13.8. The first-order chi connectivity index (χ1) is 9.47. The van der Waals surface area contributed by atoms with E-state index >= 15 is 0 Å². The number of H-pyrrole nitrogens is 1. The quantitative estimate of drug-likeness (QED) is 0.597. The summed E-state index contributed by atoms with van der Waals surface area (Å²) in [4.78, 5) is 10.5. The minimum Gasteiger partial charge on any atom is -0.503 e. The molecule has 2 aromatic heterocycles. The molecule has 0 aliphatic rings. The molecule has 2 heterocycles. The van der Waals surface area contributed by atoms with E-state index in [0.717, 1.165) is 0 Å². The Hall–Kier alpha value is -2.77. The molecule has 0 amide bonds. The second-order valence-corrected chi connectivity index (χ2v) is 4.08. The van der Waals surface area contributed by atoms with Crippen LogP contribution in [0.4, 0.5) is 19.0 Å². The lowest BCUT2D eigenvalue weighted by Crippen LogP contribution is -1.94. The molecule has 0 saturated heterocycles. The lowest BCUT2D eigenvalue weighted by Gasteiger charge is -2.03. The summed E-state index contributed by atoms with van der Waals surface area (Å²) in [6, 6.07) is 3.67. The molecule has 5 nitrogen and oxygen atoms in total. The van der Waals surface area contributed by atoms with Crippen LogP contribution in [0.25, 0.3) is 22.6 Å². The van der Waals surface area contributed by atoms with Gasteiger partial charge in [-0.3, -0.25) is 0 Å². The van der Waals surface area contributed by atoms with E-state index in [1.54, 1.807) is 6.07 Å². The molecule has 0 radical (unpaired) electrons. The van der Waals surface area contributed by atoms with Crippen LogP contribution < -0.4 is 5.73 Å². The summed E-state index contributed by atoms with van der Waals surface area (Å²) in [6.45, 7) is 0. The van der Waals surface area contributed by atoms with Crippen LogP contribution in [-0.4, -0.2) is 20.1 Å². The molecule has 0 saturated carbocycles. The van der Waals surface area contributed by atoms with E-state index in [1.807, 2.05) is 0 Å².